The molecule has 0 unspecified atom stereocenters. The van der Waals surface area contributed by atoms with Crippen molar-refractivity contribution >= 4 is 21.6 Å². The van der Waals surface area contributed by atoms with Crippen LogP contribution in [0.15, 0.2) is 35.2 Å². The standard InChI is InChI=1S/C20H28N2O4S/c1-26-19-11-10-17(27(24,25)22-12-6-2-3-7-13-22)15-18(19)21-20(23)14-16-8-4-5-9-16/h4,8,10-11,15-16H,2-3,5-7,9,12-14H2,1H3,(H,21,23)/t16-/m0/s1. The third kappa shape index (κ3) is 4.90. The summed E-state index contributed by atoms with van der Waals surface area (Å²) in [6.07, 6.45) is 10.4. The van der Waals surface area contributed by atoms with Gasteiger partial charge in [-0.3, -0.25) is 4.79 Å². The molecular weight excluding hydrogens is 364 g/mol. The lowest BCUT2D eigenvalue weighted by Crippen LogP contribution is -2.32. The molecule has 1 aromatic rings. The van der Waals surface area contributed by atoms with Crippen molar-refractivity contribution in [2.75, 3.05) is 25.5 Å². The number of benzene rings is 1. The molecule has 3 rings (SSSR count). The monoisotopic (exact) mass is 392 g/mol. The van der Waals surface area contributed by atoms with Gasteiger partial charge in [-0.15, -0.1) is 0 Å². The minimum absolute atomic E-state index is 0.130. The average molecular weight is 393 g/mol. The van der Waals surface area contributed by atoms with Crippen molar-refractivity contribution in [2.24, 2.45) is 5.92 Å². The SMILES string of the molecule is COc1ccc(S(=O)(=O)N2CCCCCC2)cc1NC(=O)C[C@H]1C=CCC1. The molecule has 1 amide bonds. The van der Waals surface area contributed by atoms with Crippen LogP contribution in [0.5, 0.6) is 5.75 Å². The van der Waals surface area contributed by atoms with E-state index in [4.69, 9.17) is 4.74 Å². The largest absolute Gasteiger partial charge is 0.495 e. The van der Waals surface area contributed by atoms with Gasteiger partial charge in [0.05, 0.1) is 17.7 Å². The Labute approximate surface area is 161 Å². The minimum atomic E-state index is -3.58. The van der Waals surface area contributed by atoms with Crippen LogP contribution in [-0.2, 0) is 14.8 Å². The van der Waals surface area contributed by atoms with Crippen molar-refractivity contribution < 1.29 is 17.9 Å². The van der Waals surface area contributed by atoms with Gasteiger partial charge in [0.15, 0.2) is 0 Å². The average Bonchev–Trinajstić information content (AvgIpc) is 2.99. The second kappa shape index (κ2) is 8.89. The fourth-order valence-corrected chi connectivity index (χ4v) is 5.22. The Bertz CT molecular complexity index is 796. The lowest BCUT2D eigenvalue weighted by molar-refractivity contribution is -0.116. The summed E-state index contributed by atoms with van der Waals surface area (Å²) in [7, 11) is -2.07. The summed E-state index contributed by atoms with van der Waals surface area (Å²) in [5, 5.41) is 2.84. The van der Waals surface area contributed by atoms with Gasteiger partial charge in [0, 0.05) is 19.5 Å². The van der Waals surface area contributed by atoms with E-state index in [2.05, 4.69) is 17.5 Å². The summed E-state index contributed by atoms with van der Waals surface area (Å²) in [4.78, 5) is 12.6. The molecule has 6 nitrogen and oxygen atoms in total. The predicted molar refractivity (Wildman–Crippen MR) is 105 cm³/mol. The number of anilines is 1. The van der Waals surface area contributed by atoms with E-state index in [-0.39, 0.29) is 16.7 Å². The molecule has 1 aliphatic carbocycles. The molecule has 1 saturated heterocycles. The van der Waals surface area contributed by atoms with Gasteiger partial charge in [-0.25, -0.2) is 8.42 Å². The van der Waals surface area contributed by atoms with Crippen LogP contribution < -0.4 is 10.1 Å². The van der Waals surface area contributed by atoms with Crippen molar-refractivity contribution in [1.82, 2.24) is 4.31 Å². The Morgan fingerprint density at radius 2 is 1.96 bits per heavy atom. The molecule has 7 heteroatoms. The van der Waals surface area contributed by atoms with Gasteiger partial charge < -0.3 is 10.1 Å². The zero-order valence-corrected chi connectivity index (χ0v) is 16.6. The fraction of sp³-hybridized carbons (Fsp3) is 0.550. The second-order valence-electron chi connectivity index (χ2n) is 7.20. The maximum absolute atomic E-state index is 13.0. The normalized spacial score (nSPS) is 21.0. The van der Waals surface area contributed by atoms with Gasteiger partial charge in [0.1, 0.15) is 5.75 Å². The van der Waals surface area contributed by atoms with E-state index in [0.717, 1.165) is 38.5 Å². The Hall–Kier alpha value is -1.86. The van der Waals surface area contributed by atoms with Crippen LogP contribution in [0.3, 0.4) is 0 Å². The highest BCUT2D eigenvalue weighted by atomic mass is 32.2. The zero-order chi connectivity index (χ0) is 19.3. The third-order valence-corrected chi connectivity index (χ3v) is 7.10. The first kappa shape index (κ1) is 19.9. The molecule has 1 atom stereocenters. The lowest BCUT2D eigenvalue weighted by atomic mass is 10.1. The van der Waals surface area contributed by atoms with Gasteiger partial charge >= 0.3 is 0 Å². The van der Waals surface area contributed by atoms with Crippen molar-refractivity contribution in [3.05, 3.63) is 30.4 Å². The quantitative estimate of drug-likeness (QED) is 0.751. The Morgan fingerprint density at radius 1 is 1.22 bits per heavy atom. The number of allylic oxidation sites excluding steroid dienone is 2. The molecule has 1 aromatic carbocycles. The lowest BCUT2D eigenvalue weighted by Gasteiger charge is -2.21. The first-order chi connectivity index (χ1) is 13.0. The predicted octanol–water partition coefficient (Wildman–Crippen LogP) is 3.55. The number of hydrogen-bond donors (Lipinski definition) is 1. The minimum Gasteiger partial charge on any atom is -0.495 e. The highest BCUT2D eigenvalue weighted by Gasteiger charge is 2.26. The number of rotatable bonds is 6. The van der Waals surface area contributed by atoms with Crippen molar-refractivity contribution in [3.8, 4) is 5.75 Å². The number of ether oxygens (including phenoxy) is 1. The number of sulfonamides is 1. The van der Waals surface area contributed by atoms with E-state index < -0.39 is 10.0 Å². The molecule has 27 heavy (non-hydrogen) atoms. The van der Waals surface area contributed by atoms with Crippen LogP contribution in [0.4, 0.5) is 5.69 Å². The first-order valence-electron chi connectivity index (χ1n) is 9.65. The molecular formula is C20H28N2O4S. The summed E-state index contributed by atoms with van der Waals surface area (Å²) < 4.78 is 32.9. The van der Waals surface area contributed by atoms with Crippen LogP contribution in [0.25, 0.3) is 0 Å². The summed E-state index contributed by atoms with van der Waals surface area (Å²) in [6, 6.07) is 4.67. The van der Waals surface area contributed by atoms with Crippen LogP contribution in [0.1, 0.15) is 44.9 Å². The zero-order valence-electron chi connectivity index (χ0n) is 15.8. The van der Waals surface area contributed by atoms with E-state index in [9.17, 15) is 13.2 Å². The molecule has 0 radical (unpaired) electrons. The van der Waals surface area contributed by atoms with Gasteiger partial charge in [-0.1, -0.05) is 25.0 Å². The topological polar surface area (TPSA) is 75.7 Å². The van der Waals surface area contributed by atoms with Crippen molar-refractivity contribution in [3.63, 3.8) is 0 Å². The molecule has 1 heterocycles. The van der Waals surface area contributed by atoms with Crippen molar-refractivity contribution in [1.29, 1.82) is 0 Å². The first-order valence-corrected chi connectivity index (χ1v) is 11.1. The molecule has 0 saturated carbocycles. The summed E-state index contributed by atoms with van der Waals surface area (Å²) in [5.41, 5.74) is 0.403. The molecule has 0 spiro atoms. The van der Waals surface area contributed by atoms with Crippen LogP contribution in [-0.4, -0.2) is 38.8 Å². The van der Waals surface area contributed by atoms with Gasteiger partial charge in [-0.2, -0.15) is 4.31 Å². The number of hydrogen-bond acceptors (Lipinski definition) is 4. The molecule has 1 aliphatic heterocycles. The Balaban J connectivity index is 1.79. The second-order valence-corrected chi connectivity index (χ2v) is 9.14. The van der Waals surface area contributed by atoms with E-state index in [1.54, 1.807) is 16.4 Å². The summed E-state index contributed by atoms with van der Waals surface area (Å²) in [5.74, 6) is 0.578. The van der Waals surface area contributed by atoms with E-state index in [1.165, 1.54) is 13.2 Å². The number of nitrogens with one attached hydrogen (secondary N) is 1. The number of amides is 1. The molecule has 2 aliphatic rings. The Morgan fingerprint density at radius 3 is 2.59 bits per heavy atom. The van der Waals surface area contributed by atoms with Crippen LogP contribution in [0, 0.1) is 5.92 Å². The highest BCUT2D eigenvalue weighted by Crippen LogP contribution is 2.30. The summed E-state index contributed by atoms with van der Waals surface area (Å²) >= 11 is 0. The number of carbonyl (C=O) groups excluding carboxylic acids is 1. The smallest absolute Gasteiger partial charge is 0.243 e. The number of nitrogens with zero attached hydrogens (tertiary/aromatic N) is 1. The molecule has 148 valence electrons. The van der Waals surface area contributed by atoms with Gasteiger partial charge in [0.25, 0.3) is 0 Å². The Kier molecular flexibility index (Phi) is 6.55. The maximum atomic E-state index is 13.0. The van der Waals surface area contributed by atoms with Crippen LogP contribution in [0.2, 0.25) is 0 Å². The molecule has 0 aromatic heterocycles. The van der Waals surface area contributed by atoms with E-state index in [1.807, 2.05) is 0 Å². The molecule has 0 bridgehead atoms. The third-order valence-electron chi connectivity index (χ3n) is 5.21. The number of methoxy groups -OCH3 is 1. The molecule has 1 N–H and O–H groups in total. The fourth-order valence-electron chi connectivity index (χ4n) is 3.68. The highest BCUT2D eigenvalue weighted by molar-refractivity contribution is 7.89. The van der Waals surface area contributed by atoms with Crippen molar-refractivity contribution in [2.45, 2.75) is 49.8 Å². The van der Waals surface area contributed by atoms with E-state index >= 15 is 0 Å². The number of carbonyl (C=O) groups is 1. The summed E-state index contributed by atoms with van der Waals surface area (Å²) in [6.45, 7) is 1.09. The van der Waals surface area contributed by atoms with Gasteiger partial charge in [0.2, 0.25) is 15.9 Å². The maximum Gasteiger partial charge on any atom is 0.243 e. The molecule has 1 fully saturated rings. The van der Waals surface area contributed by atoms with E-state index in [0.29, 0.717) is 30.9 Å². The van der Waals surface area contributed by atoms with Crippen LogP contribution >= 0.6 is 0 Å². The van der Waals surface area contributed by atoms with Gasteiger partial charge in [-0.05, 0) is 49.8 Å².